The van der Waals surface area contributed by atoms with Crippen LogP contribution >= 0.6 is 11.8 Å². The number of carbonyl (C=O) groups is 1. The standard InChI is InChI=1S/C10H11NO4S/c1-7(10(12)13)16-6-8-2-4-9(5-3-8)11(14)15/h2-5,7H,6H2,1H3,(H,12,13)/t7-/m1/s1. The van der Waals surface area contributed by atoms with Crippen molar-refractivity contribution >= 4 is 23.4 Å². The summed E-state index contributed by atoms with van der Waals surface area (Å²) in [6.45, 7) is 1.61. The summed E-state index contributed by atoms with van der Waals surface area (Å²) in [7, 11) is 0. The molecule has 1 rings (SSSR count). The number of nitro benzene ring substituents is 1. The van der Waals surface area contributed by atoms with Crippen molar-refractivity contribution in [2.45, 2.75) is 17.9 Å². The molecular formula is C10H11NO4S. The van der Waals surface area contributed by atoms with Gasteiger partial charge in [0.25, 0.3) is 5.69 Å². The van der Waals surface area contributed by atoms with Gasteiger partial charge < -0.3 is 5.11 Å². The average molecular weight is 241 g/mol. The van der Waals surface area contributed by atoms with Gasteiger partial charge in [-0.2, -0.15) is 0 Å². The lowest BCUT2D eigenvalue weighted by atomic mass is 10.2. The van der Waals surface area contributed by atoms with Crippen LogP contribution in [0.5, 0.6) is 0 Å². The maximum Gasteiger partial charge on any atom is 0.316 e. The third kappa shape index (κ3) is 3.54. The molecule has 1 aromatic carbocycles. The van der Waals surface area contributed by atoms with Crippen LogP contribution in [0.3, 0.4) is 0 Å². The highest BCUT2D eigenvalue weighted by Crippen LogP contribution is 2.19. The summed E-state index contributed by atoms with van der Waals surface area (Å²) in [5.74, 6) is -0.322. The Morgan fingerprint density at radius 1 is 1.50 bits per heavy atom. The lowest BCUT2D eigenvalue weighted by molar-refractivity contribution is -0.384. The molecule has 0 unspecified atom stereocenters. The summed E-state index contributed by atoms with van der Waals surface area (Å²) in [6, 6.07) is 6.11. The summed E-state index contributed by atoms with van der Waals surface area (Å²) in [4.78, 5) is 20.5. The Labute approximate surface area is 96.6 Å². The molecule has 0 aliphatic rings. The fraction of sp³-hybridized carbons (Fsp3) is 0.300. The molecule has 0 saturated carbocycles. The summed E-state index contributed by atoms with van der Waals surface area (Å²) >= 11 is 1.28. The van der Waals surface area contributed by atoms with Crippen LogP contribution in [0.4, 0.5) is 5.69 Å². The van der Waals surface area contributed by atoms with Gasteiger partial charge in [-0.15, -0.1) is 11.8 Å². The molecule has 0 spiro atoms. The quantitative estimate of drug-likeness (QED) is 0.632. The normalized spacial score (nSPS) is 12.1. The predicted molar refractivity (Wildman–Crippen MR) is 61.5 cm³/mol. The van der Waals surface area contributed by atoms with E-state index in [1.165, 1.54) is 23.9 Å². The Kier molecular flexibility index (Phi) is 4.30. The van der Waals surface area contributed by atoms with Crippen LogP contribution in [0.15, 0.2) is 24.3 Å². The molecule has 0 bridgehead atoms. The van der Waals surface area contributed by atoms with Gasteiger partial charge >= 0.3 is 5.97 Å². The number of benzene rings is 1. The van der Waals surface area contributed by atoms with E-state index >= 15 is 0 Å². The number of carboxylic acids is 1. The highest BCUT2D eigenvalue weighted by Gasteiger charge is 2.11. The zero-order chi connectivity index (χ0) is 12.1. The van der Waals surface area contributed by atoms with E-state index in [4.69, 9.17) is 5.11 Å². The number of carboxylic acid groups (broad SMARTS) is 1. The van der Waals surface area contributed by atoms with Crippen LogP contribution in [0, 0.1) is 10.1 Å². The molecule has 5 nitrogen and oxygen atoms in total. The maximum atomic E-state index is 10.6. The second-order valence-corrected chi connectivity index (χ2v) is 4.54. The molecule has 16 heavy (non-hydrogen) atoms. The Balaban J connectivity index is 2.56. The first kappa shape index (κ1) is 12.5. The number of non-ortho nitro benzene ring substituents is 1. The van der Waals surface area contributed by atoms with Crippen molar-refractivity contribution in [3.05, 3.63) is 39.9 Å². The minimum atomic E-state index is -0.855. The van der Waals surface area contributed by atoms with Gasteiger partial charge in [0.2, 0.25) is 0 Å². The van der Waals surface area contributed by atoms with Crippen LogP contribution in [0.2, 0.25) is 0 Å². The molecule has 1 atom stereocenters. The van der Waals surface area contributed by atoms with E-state index in [9.17, 15) is 14.9 Å². The van der Waals surface area contributed by atoms with E-state index in [1.807, 2.05) is 0 Å². The molecule has 0 heterocycles. The zero-order valence-electron chi connectivity index (χ0n) is 8.62. The minimum Gasteiger partial charge on any atom is -0.480 e. The van der Waals surface area contributed by atoms with Crippen LogP contribution in [-0.2, 0) is 10.5 Å². The van der Waals surface area contributed by atoms with Gasteiger partial charge in [0.05, 0.1) is 10.2 Å². The van der Waals surface area contributed by atoms with Crippen molar-refractivity contribution in [3.63, 3.8) is 0 Å². The van der Waals surface area contributed by atoms with E-state index in [2.05, 4.69) is 0 Å². The fourth-order valence-corrected chi connectivity index (χ4v) is 1.78. The second kappa shape index (κ2) is 5.50. The second-order valence-electron chi connectivity index (χ2n) is 3.22. The van der Waals surface area contributed by atoms with Gasteiger partial charge in [-0.05, 0) is 12.5 Å². The molecule has 0 fully saturated rings. The summed E-state index contributed by atoms with van der Waals surface area (Å²) in [5.41, 5.74) is 0.920. The van der Waals surface area contributed by atoms with E-state index < -0.39 is 16.1 Å². The van der Waals surface area contributed by atoms with Crippen molar-refractivity contribution in [1.82, 2.24) is 0 Å². The monoisotopic (exact) mass is 241 g/mol. The van der Waals surface area contributed by atoms with Gasteiger partial charge in [-0.1, -0.05) is 12.1 Å². The van der Waals surface area contributed by atoms with Crippen LogP contribution in [-0.4, -0.2) is 21.2 Å². The molecule has 1 N–H and O–H groups in total. The molecule has 0 radical (unpaired) electrons. The largest absolute Gasteiger partial charge is 0.480 e. The van der Waals surface area contributed by atoms with Crippen LogP contribution < -0.4 is 0 Å². The van der Waals surface area contributed by atoms with Gasteiger partial charge in [0.1, 0.15) is 0 Å². The highest BCUT2D eigenvalue weighted by atomic mass is 32.2. The Morgan fingerprint density at radius 2 is 2.06 bits per heavy atom. The molecule has 0 aliphatic carbocycles. The number of nitrogens with zero attached hydrogens (tertiary/aromatic N) is 1. The maximum absolute atomic E-state index is 10.6. The van der Waals surface area contributed by atoms with Gasteiger partial charge in [0, 0.05) is 17.9 Å². The molecule has 0 aromatic heterocycles. The molecule has 86 valence electrons. The summed E-state index contributed by atoms with van der Waals surface area (Å²) < 4.78 is 0. The third-order valence-corrected chi connectivity index (χ3v) is 3.20. The lowest BCUT2D eigenvalue weighted by Crippen LogP contribution is -2.11. The molecular weight excluding hydrogens is 230 g/mol. The lowest BCUT2D eigenvalue weighted by Gasteiger charge is -2.05. The smallest absolute Gasteiger partial charge is 0.316 e. The number of aliphatic carboxylic acids is 1. The highest BCUT2D eigenvalue weighted by molar-refractivity contribution is 7.99. The van der Waals surface area contributed by atoms with Gasteiger partial charge in [-0.3, -0.25) is 14.9 Å². The van der Waals surface area contributed by atoms with Crippen molar-refractivity contribution in [1.29, 1.82) is 0 Å². The van der Waals surface area contributed by atoms with E-state index in [0.717, 1.165) is 5.56 Å². The third-order valence-electron chi connectivity index (χ3n) is 1.99. The van der Waals surface area contributed by atoms with Crippen molar-refractivity contribution < 1.29 is 14.8 Å². The van der Waals surface area contributed by atoms with Crippen molar-refractivity contribution in [3.8, 4) is 0 Å². The first-order valence-corrected chi connectivity index (χ1v) is 5.63. The van der Waals surface area contributed by atoms with Crippen LogP contribution in [0.25, 0.3) is 0 Å². The van der Waals surface area contributed by atoms with E-state index in [0.29, 0.717) is 5.75 Å². The number of rotatable bonds is 5. The van der Waals surface area contributed by atoms with E-state index in [-0.39, 0.29) is 5.69 Å². The molecule has 0 saturated heterocycles. The van der Waals surface area contributed by atoms with Crippen molar-refractivity contribution in [2.75, 3.05) is 0 Å². The number of nitro groups is 1. The number of hydrogen-bond acceptors (Lipinski definition) is 4. The Morgan fingerprint density at radius 3 is 2.50 bits per heavy atom. The first-order valence-electron chi connectivity index (χ1n) is 4.58. The zero-order valence-corrected chi connectivity index (χ0v) is 9.44. The first-order chi connectivity index (χ1) is 7.50. The topological polar surface area (TPSA) is 80.4 Å². The SMILES string of the molecule is C[C@@H](SCc1ccc([N+](=O)[O-])cc1)C(=O)O. The number of thioether (sulfide) groups is 1. The summed E-state index contributed by atoms with van der Waals surface area (Å²) in [6.07, 6.45) is 0. The molecule has 1 aromatic rings. The average Bonchev–Trinajstić information content (AvgIpc) is 2.26. The Bertz CT molecular complexity index is 390. The van der Waals surface area contributed by atoms with E-state index in [1.54, 1.807) is 19.1 Å². The number of hydrogen-bond donors (Lipinski definition) is 1. The molecule has 0 amide bonds. The molecule has 0 aliphatic heterocycles. The minimum absolute atomic E-state index is 0.0417. The van der Waals surface area contributed by atoms with Crippen LogP contribution in [0.1, 0.15) is 12.5 Å². The Hall–Kier alpha value is -1.56. The van der Waals surface area contributed by atoms with Gasteiger partial charge in [-0.25, -0.2) is 0 Å². The van der Waals surface area contributed by atoms with Crippen molar-refractivity contribution in [2.24, 2.45) is 0 Å². The van der Waals surface area contributed by atoms with Gasteiger partial charge in [0.15, 0.2) is 0 Å². The predicted octanol–water partition coefficient (Wildman–Crippen LogP) is 2.30. The summed E-state index contributed by atoms with van der Waals surface area (Å²) in [5, 5.41) is 18.6. The fourth-order valence-electron chi connectivity index (χ4n) is 1.01. The molecule has 6 heteroatoms.